The monoisotopic (exact) mass is 354 g/mol. The van der Waals surface area contributed by atoms with Gasteiger partial charge in [-0.1, -0.05) is 42.5 Å². The first-order valence-electron chi connectivity index (χ1n) is 8.34. The Morgan fingerprint density at radius 1 is 1.04 bits per heavy atom. The first-order valence-corrected chi connectivity index (χ1v) is 8.34. The van der Waals surface area contributed by atoms with Crippen LogP contribution in [0.5, 0.6) is 0 Å². The van der Waals surface area contributed by atoms with E-state index in [0.29, 0.717) is 11.1 Å². The number of carbonyl (C=O) groups is 1. The van der Waals surface area contributed by atoms with E-state index in [1.165, 1.54) is 12.1 Å². The highest BCUT2D eigenvalue weighted by atomic mass is 19.1. The summed E-state index contributed by atoms with van der Waals surface area (Å²) < 4.78 is 27.3. The Morgan fingerprint density at radius 3 is 2.50 bits per heavy atom. The van der Waals surface area contributed by atoms with E-state index in [2.05, 4.69) is 5.32 Å². The van der Waals surface area contributed by atoms with Crippen LogP contribution in [0.25, 0.3) is 10.8 Å². The first-order chi connectivity index (χ1) is 12.5. The third-order valence-electron chi connectivity index (χ3n) is 4.44. The third kappa shape index (κ3) is 3.73. The summed E-state index contributed by atoms with van der Waals surface area (Å²) in [5.74, 6) is -1.47. The molecular formula is C21H20F2N2O. The van der Waals surface area contributed by atoms with E-state index in [4.69, 9.17) is 0 Å². The predicted octanol–water partition coefficient (Wildman–Crippen LogP) is 4.15. The maximum absolute atomic E-state index is 14.1. The highest BCUT2D eigenvalue weighted by Crippen LogP contribution is 2.22. The van der Waals surface area contributed by atoms with Crippen LogP contribution in [0.4, 0.5) is 8.78 Å². The van der Waals surface area contributed by atoms with E-state index in [1.54, 1.807) is 25.1 Å². The second-order valence-corrected chi connectivity index (χ2v) is 6.38. The molecule has 0 aliphatic heterocycles. The van der Waals surface area contributed by atoms with Gasteiger partial charge < -0.3 is 10.2 Å². The van der Waals surface area contributed by atoms with Crippen LogP contribution < -0.4 is 5.32 Å². The van der Waals surface area contributed by atoms with Crippen LogP contribution in [-0.4, -0.2) is 31.4 Å². The SMILES string of the molecule is CN(C)[C@H](CNC(=O)c1cccc2ccccc12)c1ccc(F)cc1F. The van der Waals surface area contributed by atoms with Crippen LogP contribution in [0, 0.1) is 11.6 Å². The van der Waals surface area contributed by atoms with Gasteiger partial charge in [-0.25, -0.2) is 8.78 Å². The second kappa shape index (κ2) is 7.62. The molecule has 0 aliphatic rings. The van der Waals surface area contributed by atoms with Gasteiger partial charge in [-0.05, 0) is 37.0 Å². The van der Waals surface area contributed by atoms with Gasteiger partial charge in [0.2, 0.25) is 0 Å². The number of hydrogen-bond donors (Lipinski definition) is 1. The van der Waals surface area contributed by atoms with E-state index >= 15 is 0 Å². The molecule has 3 aromatic carbocycles. The number of amides is 1. The van der Waals surface area contributed by atoms with Crippen molar-refractivity contribution in [3.63, 3.8) is 0 Å². The molecule has 26 heavy (non-hydrogen) atoms. The molecule has 0 aromatic heterocycles. The lowest BCUT2D eigenvalue weighted by molar-refractivity contribution is 0.0943. The molecule has 0 bridgehead atoms. The molecule has 1 amide bonds. The summed E-state index contributed by atoms with van der Waals surface area (Å²) in [4.78, 5) is 14.5. The molecule has 0 unspecified atom stereocenters. The number of nitrogens with one attached hydrogen (secondary N) is 1. The minimum absolute atomic E-state index is 0.206. The van der Waals surface area contributed by atoms with E-state index in [1.807, 2.05) is 36.4 Å². The van der Waals surface area contributed by atoms with E-state index < -0.39 is 17.7 Å². The molecule has 0 aliphatic carbocycles. The van der Waals surface area contributed by atoms with Crippen molar-refractivity contribution in [1.82, 2.24) is 10.2 Å². The highest BCUT2D eigenvalue weighted by Gasteiger charge is 2.20. The van der Waals surface area contributed by atoms with E-state index in [0.717, 1.165) is 16.8 Å². The fourth-order valence-corrected chi connectivity index (χ4v) is 3.05. The molecule has 1 N–H and O–H groups in total. The van der Waals surface area contributed by atoms with Crippen molar-refractivity contribution in [3.05, 3.63) is 83.4 Å². The maximum atomic E-state index is 14.1. The Hall–Kier alpha value is -2.79. The topological polar surface area (TPSA) is 32.3 Å². The van der Waals surface area contributed by atoms with Crippen LogP contribution in [0.3, 0.4) is 0 Å². The number of likely N-dealkylation sites (N-methyl/N-ethyl adjacent to an activating group) is 1. The van der Waals surface area contributed by atoms with Gasteiger partial charge >= 0.3 is 0 Å². The molecule has 0 radical (unpaired) electrons. The number of nitrogens with zero attached hydrogens (tertiary/aromatic N) is 1. The molecule has 0 spiro atoms. The molecule has 134 valence electrons. The van der Waals surface area contributed by atoms with E-state index in [9.17, 15) is 13.6 Å². The van der Waals surface area contributed by atoms with Gasteiger partial charge in [0.1, 0.15) is 11.6 Å². The normalized spacial score (nSPS) is 12.3. The number of rotatable bonds is 5. The zero-order valence-electron chi connectivity index (χ0n) is 14.7. The first kappa shape index (κ1) is 18.0. The minimum Gasteiger partial charge on any atom is -0.350 e. The Bertz CT molecular complexity index is 935. The number of carbonyl (C=O) groups excluding carboxylic acids is 1. The van der Waals surface area contributed by atoms with E-state index in [-0.39, 0.29) is 12.5 Å². The van der Waals surface area contributed by atoms with Gasteiger partial charge in [-0.3, -0.25) is 4.79 Å². The fraction of sp³-hybridized carbons (Fsp3) is 0.190. The standard InChI is InChI=1S/C21H20F2N2O/c1-25(2)20(18-11-10-15(22)12-19(18)23)13-24-21(26)17-9-5-7-14-6-3-4-8-16(14)17/h3-12,20H,13H2,1-2H3,(H,24,26)/t20-/m1/s1. The van der Waals surface area contributed by atoms with Gasteiger partial charge in [0, 0.05) is 23.7 Å². The number of halogens is 2. The Morgan fingerprint density at radius 2 is 1.77 bits per heavy atom. The predicted molar refractivity (Wildman–Crippen MR) is 99.1 cm³/mol. The molecule has 3 rings (SSSR count). The van der Waals surface area contributed by atoms with Crippen molar-refractivity contribution in [3.8, 4) is 0 Å². The molecule has 1 atom stereocenters. The lowest BCUT2D eigenvalue weighted by Gasteiger charge is -2.25. The molecule has 0 saturated heterocycles. The summed E-state index contributed by atoms with van der Waals surface area (Å²) in [5, 5.41) is 4.72. The lowest BCUT2D eigenvalue weighted by atomic mass is 10.0. The van der Waals surface area contributed by atoms with Crippen molar-refractivity contribution >= 4 is 16.7 Å². The average molecular weight is 354 g/mol. The second-order valence-electron chi connectivity index (χ2n) is 6.38. The summed E-state index contributed by atoms with van der Waals surface area (Å²) >= 11 is 0. The Balaban J connectivity index is 1.82. The van der Waals surface area contributed by atoms with Crippen molar-refractivity contribution in [2.75, 3.05) is 20.6 Å². The Kier molecular flexibility index (Phi) is 5.28. The summed E-state index contributed by atoms with van der Waals surface area (Å²) in [7, 11) is 3.58. The summed E-state index contributed by atoms with van der Waals surface area (Å²) in [6, 6.07) is 16.3. The van der Waals surface area contributed by atoms with Crippen molar-refractivity contribution in [2.24, 2.45) is 0 Å². The number of benzene rings is 3. The molecule has 0 fully saturated rings. The lowest BCUT2D eigenvalue weighted by Crippen LogP contribution is -2.35. The fourth-order valence-electron chi connectivity index (χ4n) is 3.05. The number of fused-ring (bicyclic) bond motifs is 1. The molecule has 0 saturated carbocycles. The smallest absolute Gasteiger partial charge is 0.251 e. The zero-order chi connectivity index (χ0) is 18.7. The van der Waals surface area contributed by atoms with Crippen LogP contribution in [0.15, 0.2) is 60.7 Å². The average Bonchev–Trinajstić information content (AvgIpc) is 2.62. The van der Waals surface area contributed by atoms with Crippen molar-refractivity contribution in [2.45, 2.75) is 6.04 Å². The van der Waals surface area contributed by atoms with Crippen LogP contribution >= 0.6 is 0 Å². The van der Waals surface area contributed by atoms with Crippen LogP contribution in [0.1, 0.15) is 22.0 Å². The molecule has 0 heterocycles. The van der Waals surface area contributed by atoms with Gasteiger partial charge in [0.25, 0.3) is 5.91 Å². The van der Waals surface area contributed by atoms with Gasteiger partial charge in [-0.15, -0.1) is 0 Å². The van der Waals surface area contributed by atoms with Crippen molar-refractivity contribution < 1.29 is 13.6 Å². The Labute approximate surface area is 151 Å². The van der Waals surface area contributed by atoms with Gasteiger partial charge in [0.15, 0.2) is 0 Å². The maximum Gasteiger partial charge on any atom is 0.251 e. The molecule has 3 nitrogen and oxygen atoms in total. The largest absolute Gasteiger partial charge is 0.350 e. The summed E-state index contributed by atoms with van der Waals surface area (Å²) in [6.07, 6.45) is 0. The van der Waals surface area contributed by atoms with Crippen LogP contribution in [-0.2, 0) is 0 Å². The molecule has 5 heteroatoms. The molecular weight excluding hydrogens is 334 g/mol. The highest BCUT2D eigenvalue weighted by molar-refractivity contribution is 6.07. The quantitative estimate of drug-likeness (QED) is 0.746. The van der Waals surface area contributed by atoms with Crippen molar-refractivity contribution in [1.29, 1.82) is 0 Å². The summed E-state index contributed by atoms with van der Waals surface area (Å²) in [6.45, 7) is 0.206. The summed E-state index contributed by atoms with van der Waals surface area (Å²) in [5.41, 5.74) is 0.912. The minimum atomic E-state index is -0.622. The number of hydrogen-bond acceptors (Lipinski definition) is 2. The zero-order valence-corrected chi connectivity index (χ0v) is 14.7. The van der Waals surface area contributed by atoms with Crippen LogP contribution in [0.2, 0.25) is 0 Å². The van der Waals surface area contributed by atoms with Gasteiger partial charge in [0.05, 0.1) is 6.04 Å². The third-order valence-corrected chi connectivity index (χ3v) is 4.44. The molecule has 3 aromatic rings. The van der Waals surface area contributed by atoms with Gasteiger partial charge in [-0.2, -0.15) is 0 Å².